The summed E-state index contributed by atoms with van der Waals surface area (Å²) in [7, 11) is 0. The van der Waals surface area contributed by atoms with Gasteiger partial charge in [0.25, 0.3) is 0 Å². The standard InChI is InChI=1S/C17H16BrClO3/c1-10-4-3-5-11(2)16(10)22-17(21)14(18)15(20)12-6-8-13(19)9-7-12/h3-9,14-15,20H,1-2H3. The van der Waals surface area contributed by atoms with E-state index in [4.69, 9.17) is 16.3 Å². The molecule has 5 heteroatoms. The van der Waals surface area contributed by atoms with E-state index >= 15 is 0 Å². The lowest BCUT2D eigenvalue weighted by atomic mass is 10.1. The molecule has 2 aromatic carbocycles. The molecule has 22 heavy (non-hydrogen) atoms. The van der Waals surface area contributed by atoms with E-state index in [9.17, 15) is 9.90 Å². The minimum absolute atomic E-state index is 0.528. The van der Waals surface area contributed by atoms with Gasteiger partial charge in [0.1, 0.15) is 16.7 Å². The van der Waals surface area contributed by atoms with Gasteiger partial charge in [0.15, 0.2) is 0 Å². The monoisotopic (exact) mass is 382 g/mol. The minimum atomic E-state index is -1.02. The highest BCUT2D eigenvalue weighted by Crippen LogP contribution is 2.28. The zero-order valence-electron chi connectivity index (χ0n) is 12.2. The molecule has 3 nitrogen and oxygen atoms in total. The number of hydrogen-bond acceptors (Lipinski definition) is 3. The highest BCUT2D eigenvalue weighted by atomic mass is 79.9. The van der Waals surface area contributed by atoms with Crippen LogP contribution in [-0.4, -0.2) is 15.9 Å². The predicted octanol–water partition coefficient (Wildman–Crippen LogP) is 4.36. The molecule has 0 fully saturated rings. The van der Waals surface area contributed by atoms with Crippen LogP contribution in [0.4, 0.5) is 0 Å². The van der Waals surface area contributed by atoms with E-state index in [1.165, 1.54) is 0 Å². The Morgan fingerprint density at radius 2 is 1.68 bits per heavy atom. The van der Waals surface area contributed by atoms with Gasteiger partial charge >= 0.3 is 5.97 Å². The molecule has 0 spiro atoms. The molecule has 0 aromatic heterocycles. The summed E-state index contributed by atoms with van der Waals surface area (Å²) in [6.07, 6.45) is -1.02. The maximum absolute atomic E-state index is 12.2. The van der Waals surface area contributed by atoms with E-state index in [0.717, 1.165) is 11.1 Å². The van der Waals surface area contributed by atoms with Crippen LogP contribution in [0.1, 0.15) is 22.8 Å². The molecule has 0 heterocycles. The number of hydrogen-bond donors (Lipinski definition) is 1. The van der Waals surface area contributed by atoms with E-state index in [2.05, 4.69) is 15.9 Å². The number of alkyl halides is 1. The van der Waals surface area contributed by atoms with Gasteiger partial charge in [-0.2, -0.15) is 0 Å². The van der Waals surface area contributed by atoms with Crippen LogP contribution in [0.25, 0.3) is 0 Å². The largest absolute Gasteiger partial charge is 0.425 e. The summed E-state index contributed by atoms with van der Waals surface area (Å²) >= 11 is 9.03. The number of rotatable bonds is 4. The third kappa shape index (κ3) is 3.88. The zero-order valence-corrected chi connectivity index (χ0v) is 14.6. The highest BCUT2D eigenvalue weighted by Gasteiger charge is 2.28. The summed E-state index contributed by atoms with van der Waals surface area (Å²) in [6, 6.07) is 12.3. The van der Waals surface area contributed by atoms with Crippen LogP contribution in [0, 0.1) is 13.8 Å². The molecule has 2 atom stereocenters. The van der Waals surface area contributed by atoms with Crippen LogP contribution >= 0.6 is 27.5 Å². The summed E-state index contributed by atoms with van der Waals surface area (Å²) in [6.45, 7) is 3.74. The zero-order chi connectivity index (χ0) is 16.3. The molecule has 116 valence electrons. The smallest absolute Gasteiger partial charge is 0.328 e. The third-order valence-electron chi connectivity index (χ3n) is 3.33. The van der Waals surface area contributed by atoms with Gasteiger partial charge in [-0.25, -0.2) is 0 Å². The van der Waals surface area contributed by atoms with Crippen LogP contribution < -0.4 is 4.74 Å². The van der Waals surface area contributed by atoms with E-state index in [-0.39, 0.29) is 0 Å². The predicted molar refractivity (Wildman–Crippen MR) is 90.7 cm³/mol. The Hall–Kier alpha value is -1.36. The summed E-state index contributed by atoms with van der Waals surface area (Å²) in [5, 5.41) is 10.8. The topological polar surface area (TPSA) is 46.5 Å². The van der Waals surface area contributed by atoms with Crippen molar-refractivity contribution in [1.29, 1.82) is 0 Å². The van der Waals surface area contributed by atoms with Crippen molar-refractivity contribution in [3.8, 4) is 5.75 Å². The van der Waals surface area contributed by atoms with Crippen molar-refractivity contribution in [2.24, 2.45) is 0 Å². The van der Waals surface area contributed by atoms with Crippen LogP contribution in [-0.2, 0) is 4.79 Å². The average Bonchev–Trinajstić information content (AvgIpc) is 2.50. The minimum Gasteiger partial charge on any atom is -0.425 e. The Morgan fingerprint density at radius 1 is 1.14 bits per heavy atom. The van der Waals surface area contributed by atoms with Crippen LogP contribution in [0.5, 0.6) is 5.75 Å². The molecule has 0 aliphatic rings. The number of carbonyl (C=O) groups excluding carboxylic acids is 1. The first-order valence-corrected chi connectivity index (χ1v) is 8.05. The first-order valence-electron chi connectivity index (χ1n) is 6.75. The van der Waals surface area contributed by atoms with Crippen LogP contribution in [0.2, 0.25) is 5.02 Å². The number of para-hydroxylation sites is 1. The van der Waals surface area contributed by atoms with Gasteiger partial charge in [-0.3, -0.25) is 4.79 Å². The van der Waals surface area contributed by atoms with Crippen molar-refractivity contribution in [2.45, 2.75) is 24.8 Å². The Kier molecular flexibility index (Phi) is 5.62. The molecule has 0 saturated heterocycles. The first kappa shape index (κ1) is 17.0. The number of aryl methyl sites for hydroxylation is 2. The summed E-state index contributed by atoms with van der Waals surface area (Å²) in [4.78, 5) is 11.4. The number of benzene rings is 2. The second-order valence-electron chi connectivity index (χ2n) is 5.04. The van der Waals surface area contributed by atoms with Gasteiger partial charge in [-0.05, 0) is 42.7 Å². The molecule has 0 saturated carbocycles. The number of ether oxygens (including phenoxy) is 1. The van der Waals surface area contributed by atoms with Crippen molar-refractivity contribution < 1.29 is 14.6 Å². The molecular weight excluding hydrogens is 368 g/mol. The van der Waals surface area contributed by atoms with Gasteiger partial charge in [-0.1, -0.05) is 57.9 Å². The number of halogens is 2. The SMILES string of the molecule is Cc1cccc(C)c1OC(=O)C(Br)C(O)c1ccc(Cl)cc1. The van der Waals surface area contributed by atoms with E-state index in [0.29, 0.717) is 16.3 Å². The Bertz CT molecular complexity index is 650. The highest BCUT2D eigenvalue weighted by molar-refractivity contribution is 9.10. The van der Waals surface area contributed by atoms with Crippen molar-refractivity contribution in [2.75, 3.05) is 0 Å². The molecule has 0 bridgehead atoms. The van der Waals surface area contributed by atoms with Gasteiger partial charge < -0.3 is 9.84 Å². The number of aliphatic hydroxyl groups excluding tert-OH is 1. The molecular formula is C17H16BrClO3. The van der Waals surface area contributed by atoms with E-state index in [1.807, 2.05) is 32.0 Å². The molecule has 2 unspecified atom stereocenters. The van der Waals surface area contributed by atoms with Gasteiger partial charge in [0, 0.05) is 5.02 Å². The maximum Gasteiger partial charge on any atom is 0.328 e. The number of esters is 1. The molecule has 0 aliphatic heterocycles. The van der Waals surface area contributed by atoms with Gasteiger partial charge in [-0.15, -0.1) is 0 Å². The number of carbonyl (C=O) groups is 1. The molecule has 0 radical (unpaired) electrons. The average molecular weight is 384 g/mol. The fourth-order valence-electron chi connectivity index (χ4n) is 2.07. The number of aliphatic hydroxyl groups is 1. The lowest BCUT2D eigenvalue weighted by molar-refractivity contribution is -0.135. The molecule has 0 amide bonds. The second-order valence-corrected chi connectivity index (χ2v) is 6.46. The maximum atomic E-state index is 12.2. The Labute approximate surface area is 143 Å². The summed E-state index contributed by atoms with van der Waals surface area (Å²) in [5.41, 5.74) is 2.33. The fraction of sp³-hybridized carbons (Fsp3) is 0.235. The summed E-state index contributed by atoms with van der Waals surface area (Å²) < 4.78 is 5.43. The van der Waals surface area contributed by atoms with E-state index < -0.39 is 16.9 Å². The summed E-state index contributed by atoms with van der Waals surface area (Å²) in [5.74, 6) is -0.0138. The van der Waals surface area contributed by atoms with Crippen molar-refractivity contribution >= 4 is 33.5 Å². The van der Waals surface area contributed by atoms with Crippen molar-refractivity contribution in [1.82, 2.24) is 0 Å². The fourth-order valence-corrected chi connectivity index (χ4v) is 2.60. The van der Waals surface area contributed by atoms with Crippen molar-refractivity contribution in [3.63, 3.8) is 0 Å². The van der Waals surface area contributed by atoms with Crippen LogP contribution in [0.3, 0.4) is 0 Å². The first-order chi connectivity index (χ1) is 10.4. The molecule has 2 rings (SSSR count). The van der Waals surface area contributed by atoms with Crippen molar-refractivity contribution in [3.05, 3.63) is 64.2 Å². The Balaban J connectivity index is 2.13. The Morgan fingerprint density at radius 3 is 2.23 bits per heavy atom. The van der Waals surface area contributed by atoms with Gasteiger partial charge in [0.05, 0.1) is 0 Å². The normalized spacial score (nSPS) is 13.5. The lowest BCUT2D eigenvalue weighted by Gasteiger charge is -2.18. The van der Waals surface area contributed by atoms with Gasteiger partial charge in [0.2, 0.25) is 0 Å². The quantitative estimate of drug-likeness (QED) is 0.485. The lowest BCUT2D eigenvalue weighted by Crippen LogP contribution is -2.27. The second kappa shape index (κ2) is 7.27. The van der Waals surface area contributed by atoms with Crippen LogP contribution in [0.15, 0.2) is 42.5 Å². The molecule has 1 N–H and O–H groups in total. The molecule has 2 aromatic rings. The molecule has 0 aliphatic carbocycles. The van der Waals surface area contributed by atoms with E-state index in [1.54, 1.807) is 24.3 Å². The third-order valence-corrected chi connectivity index (χ3v) is 4.45.